The first-order chi connectivity index (χ1) is 30.3. The summed E-state index contributed by atoms with van der Waals surface area (Å²) >= 11 is 1.87. The Bertz CT molecular complexity index is 3370. The largest absolute Gasteiger partial charge is 0.310 e. The van der Waals surface area contributed by atoms with Crippen LogP contribution in [0.1, 0.15) is 22.3 Å². The lowest BCUT2D eigenvalue weighted by Crippen LogP contribution is -2.28. The van der Waals surface area contributed by atoms with Crippen molar-refractivity contribution < 1.29 is 0 Å². The molecule has 0 aliphatic heterocycles. The van der Waals surface area contributed by atoms with E-state index in [1.807, 2.05) is 11.3 Å². The molecule has 61 heavy (non-hydrogen) atoms. The summed E-state index contributed by atoms with van der Waals surface area (Å²) in [6, 6.07) is 87.3. The Balaban J connectivity index is 1.10. The number of nitrogens with zero attached hydrogens (tertiary/aromatic N) is 1. The van der Waals surface area contributed by atoms with Gasteiger partial charge in [0.05, 0.1) is 11.1 Å². The van der Waals surface area contributed by atoms with Crippen LogP contribution in [0.5, 0.6) is 0 Å². The average Bonchev–Trinajstić information content (AvgIpc) is 3.87. The Hall–Kier alpha value is -7.52. The van der Waals surface area contributed by atoms with Gasteiger partial charge in [-0.15, -0.1) is 11.3 Å². The van der Waals surface area contributed by atoms with E-state index in [4.69, 9.17) is 0 Å². The first-order valence-electron chi connectivity index (χ1n) is 21.0. The summed E-state index contributed by atoms with van der Waals surface area (Å²) in [5.41, 5.74) is 15.3. The molecule has 0 saturated carbocycles. The Morgan fingerprint density at radius 2 is 0.951 bits per heavy atom. The molecule has 1 aliphatic rings. The van der Waals surface area contributed by atoms with E-state index in [0.717, 1.165) is 17.1 Å². The Kier molecular flexibility index (Phi) is 8.33. The average molecular weight is 794 g/mol. The smallest absolute Gasteiger partial charge is 0.0714 e. The topological polar surface area (TPSA) is 3.24 Å². The summed E-state index contributed by atoms with van der Waals surface area (Å²) < 4.78 is 2.63. The predicted molar refractivity (Wildman–Crippen MR) is 260 cm³/mol. The second-order valence-electron chi connectivity index (χ2n) is 16.0. The Morgan fingerprint density at radius 3 is 1.77 bits per heavy atom. The molecule has 12 rings (SSSR count). The maximum absolute atomic E-state index is 2.49. The fourth-order valence-corrected chi connectivity index (χ4v) is 11.3. The van der Waals surface area contributed by atoms with E-state index in [1.165, 1.54) is 86.6 Å². The SMILES string of the molecule is c1ccc(C2(c3ccccc3)c3ccccc3-c3c(N(c4ccc(-c5cccc6sc7ccccc7c56)cc4)c4cccc(-c5cccc6ccccc56)c4)cccc32)cc1. The van der Waals surface area contributed by atoms with Crippen LogP contribution in [0.3, 0.4) is 0 Å². The number of fused-ring (bicyclic) bond motifs is 7. The van der Waals surface area contributed by atoms with Crippen LogP contribution >= 0.6 is 11.3 Å². The molecule has 11 aromatic rings. The minimum atomic E-state index is -0.507. The second kappa shape index (κ2) is 14.3. The first-order valence-corrected chi connectivity index (χ1v) is 21.8. The zero-order valence-corrected chi connectivity index (χ0v) is 34.2. The van der Waals surface area contributed by atoms with Crippen LogP contribution in [-0.4, -0.2) is 0 Å². The summed E-state index contributed by atoms with van der Waals surface area (Å²) in [5.74, 6) is 0. The van der Waals surface area contributed by atoms with Crippen molar-refractivity contribution in [3.63, 3.8) is 0 Å². The molecule has 0 radical (unpaired) electrons. The van der Waals surface area contributed by atoms with Crippen LogP contribution in [0.25, 0.3) is 64.3 Å². The molecule has 0 spiro atoms. The molecule has 1 aromatic heterocycles. The molecular weight excluding hydrogens is 755 g/mol. The first kappa shape index (κ1) is 35.4. The molecule has 0 bridgehead atoms. The van der Waals surface area contributed by atoms with Crippen molar-refractivity contribution in [1.29, 1.82) is 0 Å². The summed E-state index contributed by atoms with van der Waals surface area (Å²) in [5, 5.41) is 5.12. The van der Waals surface area contributed by atoms with E-state index < -0.39 is 5.41 Å². The van der Waals surface area contributed by atoms with E-state index in [1.54, 1.807) is 0 Å². The van der Waals surface area contributed by atoms with E-state index in [9.17, 15) is 0 Å². The van der Waals surface area contributed by atoms with Gasteiger partial charge in [-0.05, 0) is 103 Å². The number of rotatable bonds is 7. The monoisotopic (exact) mass is 793 g/mol. The molecule has 0 saturated heterocycles. The van der Waals surface area contributed by atoms with Crippen LogP contribution in [0.15, 0.2) is 237 Å². The van der Waals surface area contributed by atoms with Crippen molar-refractivity contribution in [3.8, 4) is 33.4 Å². The van der Waals surface area contributed by atoms with E-state index >= 15 is 0 Å². The lowest BCUT2D eigenvalue weighted by atomic mass is 9.68. The van der Waals surface area contributed by atoms with Crippen LogP contribution in [0.2, 0.25) is 0 Å². The summed E-state index contributed by atoms with van der Waals surface area (Å²) in [6.07, 6.45) is 0. The second-order valence-corrected chi connectivity index (χ2v) is 17.0. The zero-order valence-electron chi connectivity index (χ0n) is 33.4. The Morgan fingerprint density at radius 1 is 0.361 bits per heavy atom. The highest BCUT2D eigenvalue weighted by molar-refractivity contribution is 7.25. The van der Waals surface area contributed by atoms with Crippen LogP contribution in [-0.2, 0) is 5.41 Å². The molecule has 0 N–H and O–H groups in total. The molecule has 0 amide bonds. The fraction of sp³-hybridized carbons (Fsp3) is 0.0169. The molecule has 2 heteroatoms. The molecular formula is C59H39NS. The van der Waals surface area contributed by atoms with Crippen molar-refractivity contribution >= 4 is 59.3 Å². The van der Waals surface area contributed by atoms with Gasteiger partial charge in [0.2, 0.25) is 0 Å². The quantitative estimate of drug-likeness (QED) is 0.155. The zero-order chi connectivity index (χ0) is 40.3. The van der Waals surface area contributed by atoms with Gasteiger partial charge in [-0.1, -0.05) is 194 Å². The molecule has 286 valence electrons. The van der Waals surface area contributed by atoms with Crippen LogP contribution < -0.4 is 4.90 Å². The number of hydrogen-bond donors (Lipinski definition) is 0. The molecule has 1 heterocycles. The van der Waals surface area contributed by atoms with Gasteiger partial charge in [0, 0.05) is 37.1 Å². The van der Waals surface area contributed by atoms with Gasteiger partial charge < -0.3 is 4.90 Å². The summed E-state index contributed by atoms with van der Waals surface area (Å²) in [6.45, 7) is 0. The number of anilines is 3. The molecule has 0 fully saturated rings. The van der Waals surface area contributed by atoms with Crippen molar-refractivity contribution in [2.24, 2.45) is 0 Å². The standard InChI is InChI=1S/C59H39NS/c1-3-20-43(21-4-1)59(44-22-5-2-6-23-44)52-30-11-9-26-50(52)58-53(59)31-16-32-54(58)60(46-24-13-19-42(39-46)48-28-14-18-40-17-7-8-25-47(40)48)45-37-35-41(36-38-45)49-29-15-34-56-57(49)51-27-10-12-33-55(51)61-56/h1-39H. The minimum Gasteiger partial charge on any atom is -0.310 e. The normalized spacial score (nSPS) is 12.7. The van der Waals surface area contributed by atoms with Gasteiger partial charge >= 0.3 is 0 Å². The van der Waals surface area contributed by atoms with Gasteiger partial charge in [-0.25, -0.2) is 0 Å². The number of benzene rings is 10. The highest BCUT2D eigenvalue weighted by atomic mass is 32.1. The van der Waals surface area contributed by atoms with Crippen molar-refractivity contribution in [2.75, 3.05) is 4.90 Å². The number of hydrogen-bond acceptors (Lipinski definition) is 2. The molecule has 1 aliphatic carbocycles. The molecule has 0 atom stereocenters. The maximum Gasteiger partial charge on any atom is 0.0714 e. The van der Waals surface area contributed by atoms with Gasteiger partial charge in [0.1, 0.15) is 0 Å². The van der Waals surface area contributed by atoms with E-state index in [0.29, 0.717) is 0 Å². The predicted octanol–water partition coefficient (Wildman–Crippen LogP) is 16.4. The van der Waals surface area contributed by atoms with Crippen molar-refractivity contribution in [3.05, 3.63) is 259 Å². The number of thiophene rings is 1. The van der Waals surface area contributed by atoms with Crippen LogP contribution in [0.4, 0.5) is 17.1 Å². The minimum absolute atomic E-state index is 0.507. The molecule has 10 aromatic carbocycles. The van der Waals surface area contributed by atoms with Crippen molar-refractivity contribution in [1.82, 2.24) is 0 Å². The third-order valence-electron chi connectivity index (χ3n) is 12.7. The van der Waals surface area contributed by atoms with E-state index in [2.05, 4.69) is 241 Å². The summed E-state index contributed by atoms with van der Waals surface area (Å²) in [7, 11) is 0. The third-order valence-corrected chi connectivity index (χ3v) is 13.9. The summed E-state index contributed by atoms with van der Waals surface area (Å²) in [4.78, 5) is 2.49. The highest BCUT2D eigenvalue weighted by Crippen LogP contribution is 2.59. The van der Waals surface area contributed by atoms with Gasteiger partial charge in [-0.3, -0.25) is 0 Å². The molecule has 0 unspecified atom stereocenters. The highest BCUT2D eigenvalue weighted by Gasteiger charge is 2.47. The maximum atomic E-state index is 2.49. The Labute approximate surface area is 360 Å². The van der Waals surface area contributed by atoms with Crippen molar-refractivity contribution in [2.45, 2.75) is 5.41 Å². The van der Waals surface area contributed by atoms with Gasteiger partial charge in [-0.2, -0.15) is 0 Å². The molecule has 1 nitrogen and oxygen atoms in total. The van der Waals surface area contributed by atoms with E-state index in [-0.39, 0.29) is 0 Å². The lowest BCUT2D eigenvalue weighted by molar-refractivity contribution is 0.768. The van der Waals surface area contributed by atoms with Gasteiger partial charge in [0.25, 0.3) is 0 Å². The fourth-order valence-electron chi connectivity index (χ4n) is 10.2. The lowest BCUT2D eigenvalue weighted by Gasteiger charge is -2.34. The van der Waals surface area contributed by atoms with Gasteiger partial charge in [0.15, 0.2) is 0 Å². The van der Waals surface area contributed by atoms with Crippen LogP contribution in [0, 0.1) is 0 Å². The third kappa shape index (κ3) is 5.53.